The lowest BCUT2D eigenvalue weighted by Crippen LogP contribution is -2.45. The number of hydrogen-bond acceptors (Lipinski definition) is 4. The zero-order valence-electron chi connectivity index (χ0n) is 15.4. The summed E-state index contributed by atoms with van der Waals surface area (Å²) in [6, 6.07) is 15.2. The van der Waals surface area contributed by atoms with Crippen molar-refractivity contribution in [1.29, 1.82) is 0 Å². The summed E-state index contributed by atoms with van der Waals surface area (Å²) in [5, 5.41) is 3.49. The molecule has 2 aromatic carbocycles. The minimum Gasteiger partial charge on any atom is -0.497 e. The standard InChI is InChI=1S/C22H22N2O3/c1-4-14-13-15-7-5-6-8-18(15)24-20(14)19(21(27-3)22(24)25)23-16-9-11-17(26-2)12-10-16/h5-12,19-21,23H,1,13H2,2-3H3/t19-,20+,21-/m1/s1. The molecule has 27 heavy (non-hydrogen) atoms. The van der Waals surface area contributed by atoms with Crippen molar-refractivity contribution in [3.05, 3.63) is 72.0 Å². The quantitative estimate of drug-likeness (QED) is 0.849. The molecule has 0 aromatic heterocycles. The molecule has 5 nitrogen and oxygen atoms in total. The van der Waals surface area contributed by atoms with Crippen molar-refractivity contribution >= 4 is 17.3 Å². The van der Waals surface area contributed by atoms with Gasteiger partial charge in [0.05, 0.1) is 19.2 Å². The van der Waals surface area contributed by atoms with Crippen molar-refractivity contribution in [2.45, 2.75) is 24.6 Å². The zero-order valence-corrected chi connectivity index (χ0v) is 15.4. The number of methoxy groups -OCH3 is 2. The lowest BCUT2D eigenvalue weighted by atomic mass is 9.89. The van der Waals surface area contributed by atoms with Gasteiger partial charge in [-0.3, -0.25) is 9.69 Å². The summed E-state index contributed by atoms with van der Waals surface area (Å²) < 4.78 is 10.8. The van der Waals surface area contributed by atoms with Crippen LogP contribution in [0.15, 0.2) is 66.4 Å². The number of amides is 1. The second kappa shape index (κ2) is 6.95. The molecule has 2 heterocycles. The van der Waals surface area contributed by atoms with Crippen molar-refractivity contribution in [2.24, 2.45) is 0 Å². The van der Waals surface area contributed by atoms with Crippen molar-refractivity contribution < 1.29 is 14.3 Å². The second-order valence-corrected chi connectivity index (χ2v) is 6.72. The summed E-state index contributed by atoms with van der Waals surface area (Å²) in [5.41, 5.74) is 7.01. The van der Waals surface area contributed by atoms with E-state index in [1.165, 1.54) is 0 Å². The molecule has 2 aliphatic rings. The topological polar surface area (TPSA) is 50.8 Å². The van der Waals surface area contributed by atoms with Crippen LogP contribution in [-0.4, -0.2) is 38.3 Å². The molecule has 0 aliphatic carbocycles. The van der Waals surface area contributed by atoms with Gasteiger partial charge in [0.2, 0.25) is 0 Å². The molecule has 138 valence electrons. The minimum atomic E-state index is -0.591. The van der Waals surface area contributed by atoms with E-state index in [9.17, 15) is 4.79 Å². The largest absolute Gasteiger partial charge is 0.497 e. The Hall–Kier alpha value is -3.01. The highest BCUT2D eigenvalue weighted by molar-refractivity contribution is 6.03. The van der Waals surface area contributed by atoms with E-state index in [4.69, 9.17) is 9.47 Å². The maximum Gasteiger partial charge on any atom is 0.259 e. The van der Waals surface area contributed by atoms with Gasteiger partial charge in [0.15, 0.2) is 6.10 Å². The number of ether oxygens (including phenoxy) is 2. The molecule has 0 bridgehead atoms. The molecule has 1 N–H and O–H groups in total. The van der Waals surface area contributed by atoms with Crippen LogP contribution in [0.4, 0.5) is 11.4 Å². The number of hydrogen-bond donors (Lipinski definition) is 1. The highest BCUT2D eigenvalue weighted by Gasteiger charge is 2.52. The van der Waals surface area contributed by atoms with Crippen molar-refractivity contribution in [2.75, 3.05) is 24.4 Å². The van der Waals surface area contributed by atoms with Gasteiger partial charge in [0, 0.05) is 30.5 Å². The highest BCUT2D eigenvalue weighted by Crippen LogP contribution is 2.41. The van der Waals surface area contributed by atoms with Crippen LogP contribution in [0.2, 0.25) is 0 Å². The predicted molar refractivity (Wildman–Crippen MR) is 105 cm³/mol. The van der Waals surface area contributed by atoms with E-state index >= 15 is 0 Å². The number of carbonyl (C=O) groups excluding carboxylic acids is 1. The fourth-order valence-corrected chi connectivity index (χ4v) is 4.05. The Kier molecular flexibility index (Phi) is 4.48. The predicted octanol–water partition coefficient (Wildman–Crippen LogP) is 3.17. The van der Waals surface area contributed by atoms with Crippen molar-refractivity contribution in [3.8, 4) is 5.75 Å². The van der Waals surface area contributed by atoms with E-state index in [1.54, 1.807) is 14.2 Å². The Morgan fingerprint density at radius 3 is 2.56 bits per heavy atom. The summed E-state index contributed by atoms with van der Waals surface area (Å²) in [7, 11) is 3.21. The van der Waals surface area contributed by atoms with E-state index < -0.39 is 6.10 Å². The van der Waals surface area contributed by atoms with Gasteiger partial charge < -0.3 is 14.8 Å². The number of para-hydroxylation sites is 1. The molecule has 0 spiro atoms. The Morgan fingerprint density at radius 1 is 1.15 bits per heavy atom. The van der Waals surface area contributed by atoms with Gasteiger partial charge >= 0.3 is 0 Å². The fourth-order valence-electron chi connectivity index (χ4n) is 4.05. The van der Waals surface area contributed by atoms with E-state index in [0.29, 0.717) is 0 Å². The average molecular weight is 362 g/mol. The monoisotopic (exact) mass is 362 g/mol. The van der Waals surface area contributed by atoms with Gasteiger partial charge in [-0.15, -0.1) is 5.73 Å². The van der Waals surface area contributed by atoms with Gasteiger partial charge in [-0.05, 0) is 35.9 Å². The van der Waals surface area contributed by atoms with E-state index in [0.717, 1.165) is 34.7 Å². The first kappa shape index (κ1) is 17.4. The van der Waals surface area contributed by atoms with Gasteiger partial charge in [-0.1, -0.05) is 24.8 Å². The zero-order chi connectivity index (χ0) is 19.0. The Bertz CT molecular complexity index is 915. The molecular formula is C22H22N2O3. The lowest BCUT2D eigenvalue weighted by Gasteiger charge is -2.35. The molecule has 2 aliphatic heterocycles. The van der Waals surface area contributed by atoms with E-state index in [-0.39, 0.29) is 18.0 Å². The Labute approximate surface area is 158 Å². The van der Waals surface area contributed by atoms with Crippen LogP contribution < -0.4 is 15.0 Å². The smallest absolute Gasteiger partial charge is 0.259 e. The molecule has 2 aromatic rings. The van der Waals surface area contributed by atoms with Crippen LogP contribution in [-0.2, 0) is 16.0 Å². The van der Waals surface area contributed by atoms with Gasteiger partial charge in [0.25, 0.3) is 5.91 Å². The van der Waals surface area contributed by atoms with Crippen LogP contribution in [0.3, 0.4) is 0 Å². The Morgan fingerprint density at radius 2 is 1.89 bits per heavy atom. The summed E-state index contributed by atoms with van der Waals surface area (Å²) in [4.78, 5) is 15.0. The van der Waals surface area contributed by atoms with Gasteiger partial charge in [-0.2, -0.15) is 0 Å². The maximum atomic E-state index is 13.2. The van der Waals surface area contributed by atoms with Gasteiger partial charge in [0.1, 0.15) is 5.75 Å². The number of carbonyl (C=O) groups is 1. The van der Waals surface area contributed by atoms with Crippen LogP contribution in [0.25, 0.3) is 0 Å². The van der Waals surface area contributed by atoms with E-state index in [2.05, 4.69) is 17.6 Å². The third-order valence-electron chi connectivity index (χ3n) is 5.32. The first-order valence-electron chi connectivity index (χ1n) is 8.91. The maximum absolute atomic E-state index is 13.2. The Balaban J connectivity index is 1.75. The highest BCUT2D eigenvalue weighted by atomic mass is 16.5. The lowest BCUT2D eigenvalue weighted by molar-refractivity contribution is -0.125. The number of rotatable bonds is 4. The number of nitrogens with zero attached hydrogens (tertiary/aromatic N) is 1. The molecule has 0 saturated carbocycles. The molecule has 1 saturated heterocycles. The normalized spacial score (nSPS) is 23.5. The molecular weight excluding hydrogens is 340 g/mol. The molecule has 0 unspecified atom stereocenters. The first-order chi connectivity index (χ1) is 13.2. The van der Waals surface area contributed by atoms with E-state index in [1.807, 2.05) is 53.4 Å². The molecule has 1 amide bonds. The van der Waals surface area contributed by atoms with Crippen molar-refractivity contribution in [1.82, 2.24) is 0 Å². The van der Waals surface area contributed by atoms with Crippen LogP contribution >= 0.6 is 0 Å². The van der Waals surface area contributed by atoms with Crippen LogP contribution in [0, 0.1) is 0 Å². The summed E-state index contributed by atoms with van der Waals surface area (Å²) in [5.74, 6) is 0.736. The third kappa shape index (κ3) is 2.81. The van der Waals surface area contributed by atoms with Crippen LogP contribution in [0.1, 0.15) is 5.56 Å². The molecule has 1 fully saturated rings. The SMILES string of the molecule is C=C=C1Cc2ccccc2N2C(=O)[C@H](OC)[C@H](Nc3ccc(OC)cc3)[C@H]12. The fraction of sp³-hybridized carbons (Fsp3) is 0.273. The first-order valence-corrected chi connectivity index (χ1v) is 8.91. The summed E-state index contributed by atoms with van der Waals surface area (Å²) in [6.07, 6.45) is 0.136. The molecule has 0 radical (unpaired) electrons. The average Bonchev–Trinajstić information content (AvgIpc) is 2.99. The number of nitrogens with one attached hydrogen (secondary N) is 1. The minimum absolute atomic E-state index is 0.0478. The number of fused-ring (bicyclic) bond motifs is 3. The van der Waals surface area contributed by atoms with Crippen molar-refractivity contribution in [3.63, 3.8) is 0 Å². The number of benzene rings is 2. The summed E-state index contributed by atoms with van der Waals surface area (Å²) in [6.45, 7) is 3.87. The second-order valence-electron chi connectivity index (χ2n) is 6.72. The number of anilines is 2. The molecule has 4 rings (SSSR count). The molecule has 3 atom stereocenters. The third-order valence-corrected chi connectivity index (χ3v) is 5.32. The van der Waals surface area contributed by atoms with Crippen LogP contribution in [0.5, 0.6) is 5.75 Å². The molecule has 5 heteroatoms. The summed E-state index contributed by atoms with van der Waals surface area (Å²) >= 11 is 0. The van der Waals surface area contributed by atoms with Gasteiger partial charge in [-0.25, -0.2) is 0 Å².